The van der Waals surface area contributed by atoms with Crippen molar-refractivity contribution in [3.63, 3.8) is 0 Å². The Hall–Kier alpha value is -3.14. The quantitative estimate of drug-likeness (QED) is 0.523. The van der Waals surface area contributed by atoms with Gasteiger partial charge >= 0.3 is 0 Å². The van der Waals surface area contributed by atoms with Gasteiger partial charge in [-0.25, -0.2) is 0 Å². The Balaban J connectivity index is 1.89. The molecule has 0 radical (unpaired) electrons. The molecule has 0 unspecified atom stereocenters. The van der Waals surface area contributed by atoms with E-state index in [1.807, 2.05) is 30.5 Å². The first-order chi connectivity index (χ1) is 11.7. The number of carbonyl (C=O) groups is 1. The zero-order chi connectivity index (χ0) is 16.9. The lowest BCUT2D eigenvalue weighted by molar-refractivity contribution is 0.104. The molecule has 0 saturated carbocycles. The zero-order valence-electron chi connectivity index (χ0n) is 13.5. The van der Waals surface area contributed by atoms with Gasteiger partial charge in [-0.2, -0.15) is 0 Å². The van der Waals surface area contributed by atoms with Crippen LogP contribution in [-0.4, -0.2) is 25.0 Å². The first-order valence-electron chi connectivity index (χ1n) is 7.50. The number of methoxy groups -OCH3 is 2. The summed E-state index contributed by atoms with van der Waals surface area (Å²) in [7, 11) is 3.07. The molecule has 0 aliphatic rings. The van der Waals surface area contributed by atoms with Gasteiger partial charge in [0.2, 0.25) is 0 Å². The number of carbonyl (C=O) groups excluding carboxylic acids is 1. The van der Waals surface area contributed by atoms with Crippen molar-refractivity contribution in [1.29, 1.82) is 0 Å². The first kappa shape index (κ1) is 15.7. The Morgan fingerprint density at radius 2 is 1.92 bits per heavy atom. The van der Waals surface area contributed by atoms with Crippen LogP contribution in [0.5, 0.6) is 11.5 Å². The topological polar surface area (TPSA) is 48.4 Å². The molecular formula is C20H17NO3. The minimum absolute atomic E-state index is 0.138. The minimum Gasteiger partial charge on any atom is -0.493 e. The molecule has 0 bridgehead atoms. The molecule has 4 nitrogen and oxygen atoms in total. The van der Waals surface area contributed by atoms with Crippen molar-refractivity contribution >= 4 is 22.6 Å². The molecular weight excluding hydrogens is 302 g/mol. The van der Waals surface area contributed by atoms with E-state index in [0.29, 0.717) is 17.1 Å². The molecule has 0 fully saturated rings. The molecule has 0 spiro atoms. The molecule has 0 aliphatic heterocycles. The van der Waals surface area contributed by atoms with E-state index in [-0.39, 0.29) is 5.78 Å². The summed E-state index contributed by atoms with van der Waals surface area (Å²) < 4.78 is 10.5. The van der Waals surface area contributed by atoms with Crippen LogP contribution in [0.15, 0.2) is 60.9 Å². The standard InChI is InChI=1S/C20H17NO3/c1-23-19-5-3-4-17(20(19)24-2)18(22)9-7-14-6-8-16-13-21-11-10-15(16)12-14/h3-13H,1-2H3. The Bertz CT molecular complexity index is 916. The molecule has 1 heterocycles. The molecule has 2 aromatic carbocycles. The molecule has 0 saturated heterocycles. The van der Waals surface area contributed by atoms with E-state index in [1.54, 1.807) is 43.7 Å². The number of para-hydroxylation sites is 1. The number of ether oxygens (including phenoxy) is 2. The zero-order valence-corrected chi connectivity index (χ0v) is 13.5. The maximum atomic E-state index is 12.5. The molecule has 120 valence electrons. The number of nitrogens with zero attached hydrogens (tertiary/aromatic N) is 1. The summed E-state index contributed by atoms with van der Waals surface area (Å²) in [5.74, 6) is 0.842. The summed E-state index contributed by atoms with van der Waals surface area (Å²) in [4.78, 5) is 16.6. The smallest absolute Gasteiger partial charge is 0.189 e. The van der Waals surface area contributed by atoms with Crippen molar-refractivity contribution < 1.29 is 14.3 Å². The number of benzene rings is 2. The van der Waals surface area contributed by atoms with E-state index in [1.165, 1.54) is 7.11 Å². The Morgan fingerprint density at radius 1 is 1.04 bits per heavy atom. The number of allylic oxidation sites excluding steroid dienone is 1. The lowest BCUT2D eigenvalue weighted by Crippen LogP contribution is -2.01. The maximum Gasteiger partial charge on any atom is 0.189 e. The average molecular weight is 319 g/mol. The van der Waals surface area contributed by atoms with Gasteiger partial charge < -0.3 is 9.47 Å². The van der Waals surface area contributed by atoms with Gasteiger partial charge in [0.1, 0.15) is 0 Å². The first-order valence-corrected chi connectivity index (χ1v) is 7.50. The number of aromatic nitrogens is 1. The fraction of sp³-hybridized carbons (Fsp3) is 0.100. The van der Waals surface area contributed by atoms with Crippen molar-refractivity contribution in [3.8, 4) is 11.5 Å². The van der Waals surface area contributed by atoms with E-state index in [0.717, 1.165) is 16.3 Å². The molecule has 0 atom stereocenters. The third-order valence-corrected chi connectivity index (χ3v) is 3.76. The van der Waals surface area contributed by atoms with Crippen LogP contribution in [0.1, 0.15) is 15.9 Å². The SMILES string of the molecule is COc1cccc(C(=O)C=Cc2ccc3cnccc3c2)c1OC. The highest BCUT2D eigenvalue weighted by Crippen LogP contribution is 2.31. The second-order valence-corrected chi connectivity index (χ2v) is 5.22. The number of ketones is 1. The number of pyridine rings is 1. The van der Waals surface area contributed by atoms with Crippen LogP contribution in [0.3, 0.4) is 0 Å². The van der Waals surface area contributed by atoms with Crippen molar-refractivity contribution in [2.75, 3.05) is 14.2 Å². The van der Waals surface area contributed by atoms with E-state index >= 15 is 0 Å². The van der Waals surface area contributed by atoms with Crippen LogP contribution in [0.25, 0.3) is 16.8 Å². The number of rotatable bonds is 5. The summed E-state index contributed by atoms with van der Waals surface area (Å²) in [6.07, 6.45) is 6.90. The van der Waals surface area contributed by atoms with Crippen LogP contribution in [0.2, 0.25) is 0 Å². The molecule has 0 amide bonds. The normalized spacial score (nSPS) is 10.9. The molecule has 3 aromatic rings. The van der Waals surface area contributed by atoms with Crippen molar-refractivity contribution in [2.45, 2.75) is 0 Å². The predicted molar refractivity (Wildman–Crippen MR) is 94.7 cm³/mol. The number of hydrogen-bond acceptors (Lipinski definition) is 4. The Morgan fingerprint density at radius 3 is 2.71 bits per heavy atom. The molecule has 3 rings (SSSR count). The van der Waals surface area contributed by atoms with Crippen LogP contribution in [0, 0.1) is 0 Å². The van der Waals surface area contributed by atoms with E-state index < -0.39 is 0 Å². The third-order valence-electron chi connectivity index (χ3n) is 3.76. The second-order valence-electron chi connectivity index (χ2n) is 5.22. The van der Waals surface area contributed by atoms with Crippen molar-refractivity contribution in [1.82, 2.24) is 4.98 Å². The van der Waals surface area contributed by atoms with Gasteiger partial charge in [-0.15, -0.1) is 0 Å². The molecule has 4 heteroatoms. The van der Waals surface area contributed by atoms with Gasteiger partial charge in [-0.3, -0.25) is 9.78 Å². The van der Waals surface area contributed by atoms with E-state index in [4.69, 9.17) is 9.47 Å². The van der Waals surface area contributed by atoms with Gasteiger partial charge in [0, 0.05) is 17.8 Å². The summed E-state index contributed by atoms with van der Waals surface area (Å²) in [5, 5.41) is 2.15. The summed E-state index contributed by atoms with van der Waals surface area (Å²) in [6, 6.07) is 13.2. The highest BCUT2D eigenvalue weighted by atomic mass is 16.5. The fourth-order valence-electron chi connectivity index (χ4n) is 2.55. The molecule has 0 aliphatic carbocycles. The van der Waals surface area contributed by atoms with Gasteiger partial charge in [0.05, 0.1) is 19.8 Å². The third kappa shape index (κ3) is 3.13. The highest BCUT2D eigenvalue weighted by molar-refractivity contribution is 6.09. The monoisotopic (exact) mass is 319 g/mol. The minimum atomic E-state index is -0.138. The average Bonchev–Trinajstić information content (AvgIpc) is 2.65. The Labute approximate surface area is 140 Å². The largest absolute Gasteiger partial charge is 0.493 e. The number of hydrogen-bond donors (Lipinski definition) is 0. The summed E-state index contributed by atoms with van der Waals surface area (Å²) in [5.41, 5.74) is 1.42. The van der Waals surface area contributed by atoms with Crippen LogP contribution in [-0.2, 0) is 0 Å². The molecule has 24 heavy (non-hydrogen) atoms. The molecule has 1 aromatic heterocycles. The number of fused-ring (bicyclic) bond motifs is 1. The lowest BCUT2D eigenvalue weighted by atomic mass is 10.1. The van der Waals surface area contributed by atoms with Gasteiger partial charge in [0.15, 0.2) is 17.3 Å². The van der Waals surface area contributed by atoms with Crippen LogP contribution in [0.4, 0.5) is 0 Å². The van der Waals surface area contributed by atoms with Crippen LogP contribution < -0.4 is 9.47 Å². The highest BCUT2D eigenvalue weighted by Gasteiger charge is 2.14. The van der Waals surface area contributed by atoms with Crippen molar-refractivity contribution in [2.24, 2.45) is 0 Å². The van der Waals surface area contributed by atoms with Gasteiger partial charge in [0.25, 0.3) is 0 Å². The van der Waals surface area contributed by atoms with Crippen molar-refractivity contribution in [3.05, 3.63) is 72.1 Å². The fourth-order valence-corrected chi connectivity index (χ4v) is 2.55. The van der Waals surface area contributed by atoms with Crippen LogP contribution >= 0.6 is 0 Å². The second kappa shape index (κ2) is 6.96. The van der Waals surface area contributed by atoms with Gasteiger partial charge in [-0.05, 0) is 41.3 Å². The maximum absolute atomic E-state index is 12.5. The molecule has 0 N–H and O–H groups in total. The summed E-state index contributed by atoms with van der Waals surface area (Å²) in [6.45, 7) is 0. The lowest BCUT2D eigenvalue weighted by Gasteiger charge is -2.10. The van der Waals surface area contributed by atoms with Gasteiger partial charge in [-0.1, -0.05) is 24.3 Å². The predicted octanol–water partition coefficient (Wildman–Crippen LogP) is 4.15. The van der Waals surface area contributed by atoms with E-state index in [2.05, 4.69) is 4.98 Å². The Kier molecular flexibility index (Phi) is 4.57. The summed E-state index contributed by atoms with van der Waals surface area (Å²) >= 11 is 0. The van der Waals surface area contributed by atoms with E-state index in [9.17, 15) is 4.79 Å².